The van der Waals surface area contributed by atoms with Crippen molar-refractivity contribution < 1.29 is 13.9 Å². The van der Waals surface area contributed by atoms with Crippen LogP contribution in [0.25, 0.3) is 0 Å². The molecule has 18 heavy (non-hydrogen) atoms. The fourth-order valence-electron chi connectivity index (χ4n) is 1.54. The van der Waals surface area contributed by atoms with Crippen LogP contribution in [0, 0.1) is 11.6 Å². The van der Waals surface area contributed by atoms with Gasteiger partial charge in [0.25, 0.3) is 0 Å². The number of halogens is 3. The highest BCUT2D eigenvalue weighted by atomic mass is 79.9. The van der Waals surface area contributed by atoms with Crippen LogP contribution in [0.4, 0.5) is 8.78 Å². The first-order valence-corrected chi connectivity index (χ1v) is 6.05. The second-order valence-corrected chi connectivity index (χ2v) is 4.49. The number of aliphatic hydroxyl groups is 1. The van der Waals surface area contributed by atoms with Gasteiger partial charge >= 0.3 is 0 Å². The van der Waals surface area contributed by atoms with E-state index in [2.05, 4.69) is 31.1 Å². The van der Waals surface area contributed by atoms with Crippen LogP contribution >= 0.6 is 15.9 Å². The Kier molecular flexibility index (Phi) is 4.03. The molecule has 1 unspecified atom stereocenters. The number of rotatable bonds is 4. The first-order chi connectivity index (χ1) is 8.56. The Morgan fingerprint density at radius 1 is 1.33 bits per heavy atom. The molecule has 1 aromatic heterocycles. The summed E-state index contributed by atoms with van der Waals surface area (Å²) in [5, 5.41) is 16.3. The lowest BCUT2D eigenvalue weighted by Crippen LogP contribution is -2.02. The lowest BCUT2D eigenvalue weighted by atomic mass is 10.0. The van der Waals surface area contributed by atoms with Crippen molar-refractivity contribution in [2.24, 2.45) is 0 Å². The average molecular weight is 318 g/mol. The number of aliphatic hydroxyl groups excluding tert-OH is 1. The first-order valence-electron chi connectivity index (χ1n) is 5.26. The summed E-state index contributed by atoms with van der Waals surface area (Å²) >= 11 is 3.09. The molecule has 1 atom stereocenters. The van der Waals surface area contributed by atoms with Gasteiger partial charge in [-0.05, 0) is 40.0 Å². The predicted octanol–water partition coefficient (Wildman–Crippen LogP) is 2.51. The number of aryl methyl sites for hydroxylation is 1. The van der Waals surface area contributed by atoms with Gasteiger partial charge in [-0.2, -0.15) is 0 Å². The quantitative estimate of drug-likeness (QED) is 0.910. The molecule has 2 N–H and O–H groups in total. The summed E-state index contributed by atoms with van der Waals surface area (Å²) in [7, 11) is 0. The van der Waals surface area contributed by atoms with Crippen molar-refractivity contribution >= 4 is 15.9 Å². The van der Waals surface area contributed by atoms with Gasteiger partial charge in [0.2, 0.25) is 4.73 Å². The summed E-state index contributed by atoms with van der Waals surface area (Å²) in [6, 6.07) is 3.36. The van der Waals surface area contributed by atoms with Gasteiger partial charge in [-0.15, -0.1) is 5.10 Å². The Morgan fingerprint density at radius 3 is 2.72 bits per heavy atom. The lowest BCUT2D eigenvalue weighted by Gasteiger charge is -2.10. The molecule has 0 amide bonds. The van der Waals surface area contributed by atoms with E-state index in [9.17, 15) is 13.9 Å². The van der Waals surface area contributed by atoms with E-state index in [0.717, 1.165) is 12.1 Å². The van der Waals surface area contributed by atoms with Gasteiger partial charge in [0.05, 0.1) is 6.10 Å². The second-order valence-electron chi connectivity index (χ2n) is 3.78. The third-order valence-corrected chi connectivity index (χ3v) is 2.84. The molecule has 4 nitrogen and oxygen atoms in total. The van der Waals surface area contributed by atoms with E-state index in [1.54, 1.807) is 0 Å². The molecule has 0 bridgehead atoms. The van der Waals surface area contributed by atoms with Crippen molar-refractivity contribution in [1.29, 1.82) is 0 Å². The fraction of sp³-hybridized carbons (Fsp3) is 0.273. The molecule has 0 spiro atoms. The van der Waals surface area contributed by atoms with Gasteiger partial charge in [-0.1, -0.05) is 6.07 Å². The van der Waals surface area contributed by atoms with Crippen LogP contribution in [0.5, 0.6) is 0 Å². The van der Waals surface area contributed by atoms with Crippen LogP contribution < -0.4 is 0 Å². The van der Waals surface area contributed by atoms with E-state index in [1.807, 2.05) is 0 Å². The molecule has 1 heterocycles. The van der Waals surface area contributed by atoms with Gasteiger partial charge < -0.3 is 5.11 Å². The normalized spacial score (nSPS) is 12.7. The van der Waals surface area contributed by atoms with E-state index in [4.69, 9.17) is 0 Å². The minimum Gasteiger partial charge on any atom is -0.388 e. The van der Waals surface area contributed by atoms with Crippen LogP contribution in [0.3, 0.4) is 0 Å². The van der Waals surface area contributed by atoms with Crippen molar-refractivity contribution in [3.8, 4) is 0 Å². The van der Waals surface area contributed by atoms with Crippen molar-refractivity contribution in [2.75, 3.05) is 0 Å². The van der Waals surface area contributed by atoms with E-state index >= 15 is 0 Å². The van der Waals surface area contributed by atoms with E-state index in [1.165, 1.54) is 6.07 Å². The molecule has 2 rings (SSSR count). The summed E-state index contributed by atoms with van der Waals surface area (Å²) in [5.74, 6) is -1.28. The van der Waals surface area contributed by atoms with Crippen molar-refractivity contribution in [3.05, 3.63) is 46.0 Å². The molecular weight excluding hydrogens is 308 g/mol. The lowest BCUT2D eigenvalue weighted by molar-refractivity contribution is 0.166. The second kappa shape index (κ2) is 5.53. The molecule has 0 aliphatic heterocycles. The van der Waals surface area contributed by atoms with Crippen molar-refractivity contribution in [2.45, 2.75) is 18.9 Å². The molecule has 0 saturated carbocycles. The zero-order chi connectivity index (χ0) is 13.1. The topological polar surface area (TPSA) is 61.8 Å². The number of H-pyrrole nitrogens is 1. The van der Waals surface area contributed by atoms with Gasteiger partial charge in [0, 0.05) is 6.42 Å². The molecular formula is C11H10BrF2N3O. The standard InChI is InChI=1S/C11H10BrF2N3O/c12-11-15-10(16-17-11)4-3-9(18)6-1-2-7(13)8(14)5-6/h1-2,5,9,18H,3-4H2,(H,15,16,17). The monoisotopic (exact) mass is 317 g/mol. The highest BCUT2D eigenvalue weighted by molar-refractivity contribution is 9.10. The fourth-order valence-corrected chi connectivity index (χ4v) is 1.85. The first kappa shape index (κ1) is 13.1. The van der Waals surface area contributed by atoms with E-state index < -0.39 is 17.7 Å². The maximum Gasteiger partial charge on any atom is 0.217 e. The molecule has 0 radical (unpaired) electrons. The highest BCUT2D eigenvalue weighted by Crippen LogP contribution is 2.20. The summed E-state index contributed by atoms with van der Waals surface area (Å²) in [6.45, 7) is 0. The Balaban J connectivity index is 1.99. The Morgan fingerprint density at radius 2 is 2.11 bits per heavy atom. The van der Waals surface area contributed by atoms with Gasteiger partial charge in [0.1, 0.15) is 5.82 Å². The SMILES string of the molecule is OC(CCc1nc(Br)n[nH]1)c1ccc(F)c(F)c1. The summed E-state index contributed by atoms with van der Waals surface area (Å²) in [5.41, 5.74) is 0.340. The van der Waals surface area contributed by atoms with Crippen LogP contribution in [-0.4, -0.2) is 20.3 Å². The summed E-state index contributed by atoms with van der Waals surface area (Å²) < 4.78 is 26.2. The number of aromatic amines is 1. The Hall–Kier alpha value is -1.34. The van der Waals surface area contributed by atoms with Crippen LogP contribution in [-0.2, 0) is 6.42 Å². The zero-order valence-electron chi connectivity index (χ0n) is 9.20. The van der Waals surface area contributed by atoms with E-state index in [-0.39, 0.29) is 0 Å². The smallest absolute Gasteiger partial charge is 0.217 e. The van der Waals surface area contributed by atoms with Gasteiger partial charge in [-0.25, -0.2) is 13.8 Å². The third kappa shape index (κ3) is 3.11. The molecule has 0 saturated heterocycles. The van der Waals surface area contributed by atoms with Gasteiger partial charge in [-0.3, -0.25) is 5.10 Å². The predicted molar refractivity (Wildman–Crippen MR) is 63.7 cm³/mol. The Bertz CT molecular complexity index is 547. The van der Waals surface area contributed by atoms with Crippen LogP contribution in [0.1, 0.15) is 23.9 Å². The molecule has 0 fully saturated rings. The highest BCUT2D eigenvalue weighted by Gasteiger charge is 2.12. The molecule has 96 valence electrons. The van der Waals surface area contributed by atoms with E-state index in [0.29, 0.717) is 29.0 Å². The number of nitrogens with zero attached hydrogens (tertiary/aromatic N) is 2. The summed E-state index contributed by atoms with van der Waals surface area (Å²) in [4.78, 5) is 4.01. The molecule has 0 aliphatic rings. The molecule has 1 aromatic carbocycles. The number of aromatic nitrogens is 3. The number of hydrogen-bond donors (Lipinski definition) is 2. The largest absolute Gasteiger partial charge is 0.388 e. The summed E-state index contributed by atoms with van der Waals surface area (Å²) in [6.07, 6.45) is -0.0742. The van der Waals surface area contributed by atoms with Crippen molar-refractivity contribution in [1.82, 2.24) is 15.2 Å². The average Bonchev–Trinajstić information content (AvgIpc) is 2.75. The van der Waals surface area contributed by atoms with Crippen LogP contribution in [0.15, 0.2) is 22.9 Å². The Labute approximate surface area is 110 Å². The molecule has 7 heteroatoms. The number of nitrogens with one attached hydrogen (secondary N) is 1. The maximum atomic E-state index is 13.0. The van der Waals surface area contributed by atoms with Crippen molar-refractivity contribution in [3.63, 3.8) is 0 Å². The molecule has 2 aromatic rings. The maximum absolute atomic E-state index is 13.0. The van der Waals surface area contributed by atoms with Crippen LogP contribution in [0.2, 0.25) is 0 Å². The number of hydrogen-bond acceptors (Lipinski definition) is 3. The minimum absolute atomic E-state index is 0.340. The molecule has 0 aliphatic carbocycles. The number of benzene rings is 1. The minimum atomic E-state index is -0.964. The van der Waals surface area contributed by atoms with Gasteiger partial charge in [0.15, 0.2) is 11.6 Å². The zero-order valence-corrected chi connectivity index (χ0v) is 10.8. The third-order valence-electron chi connectivity index (χ3n) is 2.49.